The van der Waals surface area contributed by atoms with Crippen molar-refractivity contribution in [2.45, 2.75) is 24.8 Å². The molecule has 0 aliphatic heterocycles. The molecule has 0 fully saturated rings. The van der Waals surface area contributed by atoms with E-state index in [2.05, 4.69) is 19.2 Å². The monoisotopic (exact) mass is 271 g/mol. The van der Waals surface area contributed by atoms with Crippen LogP contribution in [0, 0.1) is 5.92 Å². The lowest BCUT2D eigenvalue weighted by atomic mass is 10.1. The van der Waals surface area contributed by atoms with Crippen molar-refractivity contribution in [2.75, 3.05) is 25.3 Å². The summed E-state index contributed by atoms with van der Waals surface area (Å²) in [4.78, 5) is 0.326. The fourth-order valence-electron chi connectivity index (χ4n) is 1.69. The summed E-state index contributed by atoms with van der Waals surface area (Å²) in [7, 11) is -1.58. The Morgan fingerprint density at radius 2 is 1.89 bits per heavy atom. The number of nitrogens with one attached hydrogen (secondary N) is 1. The number of sulfone groups is 1. The fourth-order valence-corrected chi connectivity index (χ4v) is 2.54. The summed E-state index contributed by atoms with van der Waals surface area (Å²) in [6, 6.07) is 7.02. The van der Waals surface area contributed by atoms with Crippen molar-refractivity contribution in [3.8, 4) is 0 Å². The first-order valence-corrected chi connectivity index (χ1v) is 7.80. The maximum absolute atomic E-state index is 11.7. The van der Waals surface area contributed by atoms with Gasteiger partial charge in [0.2, 0.25) is 0 Å². The van der Waals surface area contributed by atoms with E-state index in [-0.39, 0.29) is 6.04 Å². The molecule has 1 N–H and O–H groups in total. The van der Waals surface area contributed by atoms with Gasteiger partial charge in [0, 0.05) is 13.4 Å². The Morgan fingerprint density at radius 3 is 2.39 bits per heavy atom. The highest BCUT2D eigenvalue weighted by Gasteiger charge is 2.17. The molecule has 0 spiro atoms. The highest BCUT2D eigenvalue weighted by molar-refractivity contribution is 7.90. The molecule has 0 heterocycles. The molecule has 0 amide bonds. The number of rotatable bonds is 6. The van der Waals surface area contributed by atoms with Gasteiger partial charge in [-0.3, -0.25) is 0 Å². The third kappa shape index (κ3) is 3.99. The van der Waals surface area contributed by atoms with Crippen LogP contribution in [-0.4, -0.2) is 34.4 Å². The average molecular weight is 271 g/mol. The molecule has 0 aliphatic carbocycles. The molecule has 0 saturated carbocycles. The maximum Gasteiger partial charge on any atom is 0.177 e. The number of para-hydroxylation sites is 1. The van der Waals surface area contributed by atoms with Crippen molar-refractivity contribution < 1.29 is 13.2 Å². The van der Waals surface area contributed by atoms with Crippen LogP contribution in [0.25, 0.3) is 0 Å². The zero-order valence-electron chi connectivity index (χ0n) is 11.3. The lowest BCUT2D eigenvalue weighted by Crippen LogP contribution is -2.31. The molecule has 18 heavy (non-hydrogen) atoms. The van der Waals surface area contributed by atoms with E-state index in [4.69, 9.17) is 4.74 Å². The van der Waals surface area contributed by atoms with Gasteiger partial charge in [-0.15, -0.1) is 0 Å². The van der Waals surface area contributed by atoms with Crippen molar-refractivity contribution in [3.63, 3.8) is 0 Å². The zero-order valence-corrected chi connectivity index (χ0v) is 12.1. The van der Waals surface area contributed by atoms with Gasteiger partial charge in [-0.1, -0.05) is 26.0 Å². The first-order chi connectivity index (χ1) is 8.36. The number of methoxy groups -OCH3 is 1. The predicted molar refractivity (Wildman–Crippen MR) is 73.7 cm³/mol. The van der Waals surface area contributed by atoms with Crippen molar-refractivity contribution in [2.24, 2.45) is 5.92 Å². The quantitative estimate of drug-likeness (QED) is 0.861. The van der Waals surface area contributed by atoms with E-state index in [1.165, 1.54) is 6.26 Å². The van der Waals surface area contributed by atoms with E-state index in [9.17, 15) is 8.42 Å². The second kappa shape index (κ2) is 6.20. The first-order valence-electron chi connectivity index (χ1n) is 5.90. The Kier molecular flexibility index (Phi) is 5.16. The lowest BCUT2D eigenvalue weighted by molar-refractivity contribution is 0.171. The van der Waals surface area contributed by atoms with E-state index in [0.29, 0.717) is 23.1 Å². The molecule has 0 saturated heterocycles. The summed E-state index contributed by atoms with van der Waals surface area (Å²) in [6.07, 6.45) is 1.22. The van der Waals surface area contributed by atoms with Crippen LogP contribution in [0.4, 0.5) is 5.69 Å². The van der Waals surface area contributed by atoms with Gasteiger partial charge in [0.05, 0.1) is 23.2 Å². The highest BCUT2D eigenvalue weighted by atomic mass is 32.2. The SMILES string of the molecule is COCC(Nc1ccccc1S(C)(=O)=O)C(C)C. The molecule has 1 atom stereocenters. The Labute approximate surface area is 109 Å². The van der Waals surface area contributed by atoms with Gasteiger partial charge in [0.15, 0.2) is 9.84 Å². The summed E-state index contributed by atoms with van der Waals surface area (Å²) < 4.78 is 28.5. The van der Waals surface area contributed by atoms with Crippen LogP contribution >= 0.6 is 0 Å². The Bertz CT molecular complexity index is 483. The maximum atomic E-state index is 11.7. The largest absolute Gasteiger partial charge is 0.383 e. The first kappa shape index (κ1) is 15.0. The van der Waals surface area contributed by atoms with Gasteiger partial charge in [-0.05, 0) is 18.1 Å². The molecular weight excluding hydrogens is 250 g/mol. The molecular formula is C13H21NO3S. The molecule has 0 bridgehead atoms. The normalized spacial score (nSPS) is 13.6. The second-order valence-corrected chi connectivity index (χ2v) is 6.70. The van der Waals surface area contributed by atoms with Gasteiger partial charge in [-0.2, -0.15) is 0 Å². The standard InChI is InChI=1S/C13H21NO3S/c1-10(2)12(9-17-3)14-11-7-5-6-8-13(11)18(4,15)16/h5-8,10,12,14H,9H2,1-4H3. The third-order valence-corrected chi connectivity index (χ3v) is 3.93. The molecule has 4 nitrogen and oxygen atoms in total. The Morgan fingerprint density at radius 1 is 1.28 bits per heavy atom. The summed E-state index contributed by atoms with van der Waals surface area (Å²) in [6.45, 7) is 4.68. The van der Waals surface area contributed by atoms with Crippen LogP contribution in [0.3, 0.4) is 0 Å². The lowest BCUT2D eigenvalue weighted by Gasteiger charge is -2.23. The van der Waals surface area contributed by atoms with Crippen LogP contribution < -0.4 is 5.32 Å². The minimum atomic E-state index is -3.22. The van der Waals surface area contributed by atoms with Gasteiger partial charge >= 0.3 is 0 Å². The van der Waals surface area contributed by atoms with E-state index >= 15 is 0 Å². The van der Waals surface area contributed by atoms with Gasteiger partial charge in [-0.25, -0.2) is 8.42 Å². The molecule has 1 rings (SSSR count). The van der Waals surface area contributed by atoms with Crippen LogP contribution in [0.15, 0.2) is 29.2 Å². The van der Waals surface area contributed by atoms with Crippen molar-refractivity contribution in [1.29, 1.82) is 0 Å². The molecule has 0 aliphatic rings. The van der Waals surface area contributed by atoms with Crippen LogP contribution in [0.1, 0.15) is 13.8 Å². The van der Waals surface area contributed by atoms with Gasteiger partial charge in [0.1, 0.15) is 0 Å². The molecule has 0 radical (unpaired) electrons. The summed E-state index contributed by atoms with van der Waals surface area (Å²) in [5.41, 5.74) is 0.635. The van der Waals surface area contributed by atoms with Gasteiger partial charge in [0.25, 0.3) is 0 Å². The van der Waals surface area contributed by atoms with Crippen LogP contribution in [0.5, 0.6) is 0 Å². The molecule has 1 aromatic rings. The molecule has 1 aromatic carbocycles. The molecule has 0 aromatic heterocycles. The number of hydrogen-bond acceptors (Lipinski definition) is 4. The number of ether oxygens (including phenoxy) is 1. The minimum Gasteiger partial charge on any atom is -0.383 e. The topological polar surface area (TPSA) is 55.4 Å². The van der Waals surface area contributed by atoms with Crippen molar-refractivity contribution in [1.82, 2.24) is 0 Å². The average Bonchev–Trinajstić information content (AvgIpc) is 2.27. The van der Waals surface area contributed by atoms with E-state index < -0.39 is 9.84 Å². The van der Waals surface area contributed by atoms with E-state index in [1.54, 1.807) is 25.3 Å². The fraction of sp³-hybridized carbons (Fsp3) is 0.538. The summed E-state index contributed by atoms with van der Waals surface area (Å²) in [5.74, 6) is 0.345. The minimum absolute atomic E-state index is 0.0814. The summed E-state index contributed by atoms with van der Waals surface area (Å²) >= 11 is 0. The smallest absolute Gasteiger partial charge is 0.177 e. The van der Waals surface area contributed by atoms with Crippen LogP contribution in [0.2, 0.25) is 0 Å². The van der Waals surface area contributed by atoms with E-state index in [1.807, 2.05) is 6.07 Å². The number of benzene rings is 1. The molecule has 102 valence electrons. The predicted octanol–water partition coefficient (Wildman–Crippen LogP) is 2.17. The third-order valence-electron chi connectivity index (χ3n) is 2.78. The van der Waals surface area contributed by atoms with Crippen molar-refractivity contribution in [3.05, 3.63) is 24.3 Å². The summed E-state index contributed by atoms with van der Waals surface area (Å²) in [5, 5.41) is 3.25. The van der Waals surface area contributed by atoms with Crippen LogP contribution in [-0.2, 0) is 14.6 Å². The number of anilines is 1. The van der Waals surface area contributed by atoms with Gasteiger partial charge < -0.3 is 10.1 Å². The van der Waals surface area contributed by atoms with Crippen molar-refractivity contribution >= 4 is 15.5 Å². The Balaban J connectivity index is 3.03. The highest BCUT2D eigenvalue weighted by Crippen LogP contribution is 2.22. The Hall–Kier alpha value is -1.07. The number of hydrogen-bond donors (Lipinski definition) is 1. The second-order valence-electron chi connectivity index (χ2n) is 4.72. The zero-order chi connectivity index (χ0) is 13.8. The molecule has 5 heteroatoms. The van der Waals surface area contributed by atoms with E-state index in [0.717, 1.165) is 0 Å². The molecule has 1 unspecified atom stereocenters.